The fourth-order valence-corrected chi connectivity index (χ4v) is 1.18. The lowest BCUT2D eigenvalue weighted by atomic mass is 10.2. The summed E-state index contributed by atoms with van der Waals surface area (Å²) in [7, 11) is 0. The van der Waals surface area contributed by atoms with E-state index in [1.807, 2.05) is 0 Å². The Bertz CT molecular complexity index is 300. The molecule has 1 atom stereocenters. The molecule has 0 saturated carbocycles. The van der Waals surface area contributed by atoms with E-state index < -0.39 is 12.0 Å². The predicted molar refractivity (Wildman–Crippen MR) is 50.2 cm³/mol. The smallest absolute Gasteiger partial charge is 0.320 e. The number of carboxylic acids is 1. The third-order valence-corrected chi connectivity index (χ3v) is 2.00. The third-order valence-electron chi connectivity index (χ3n) is 1.59. The second-order valence-corrected chi connectivity index (χ2v) is 3.57. The largest absolute Gasteiger partial charge is 0.480 e. The molecule has 0 radical (unpaired) electrons. The first kappa shape index (κ1) is 10.2. The maximum atomic E-state index is 10.4. The monoisotopic (exact) mass is 247 g/mol. The fourth-order valence-electron chi connectivity index (χ4n) is 0.855. The van der Waals surface area contributed by atoms with E-state index in [4.69, 9.17) is 10.8 Å². The summed E-state index contributed by atoms with van der Waals surface area (Å²) in [4.78, 5) is 10.4. The molecular formula is C7H10BrN3O2. The molecule has 0 saturated heterocycles. The van der Waals surface area contributed by atoms with Crippen LogP contribution >= 0.6 is 15.9 Å². The van der Waals surface area contributed by atoms with Gasteiger partial charge in [0.1, 0.15) is 6.04 Å². The van der Waals surface area contributed by atoms with Crippen LogP contribution in [0, 0.1) is 0 Å². The standard InChI is InChI=1S/C7H10BrN3O2/c8-5-3-10-11(4-5)2-1-6(9)7(12)13/h3-4,6H,1-2,9H2,(H,12,13). The molecule has 6 heteroatoms. The predicted octanol–water partition coefficient (Wildman–Crippen LogP) is 0.448. The second kappa shape index (κ2) is 4.38. The average Bonchev–Trinajstić information content (AvgIpc) is 2.47. The van der Waals surface area contributed by atoms with Crippen molar-refractivity contribution in [2.45, 2.75) is 19.0 Å². The van der Waals surface area contributed by atoms with Crippen LogP contribution < -0.4 is 5.73 Å². The van der Waals surface area contributed by atoms with E-state index in [1.54, 1.807) is 17.1 Å². The summed E-state index contributed by atoms with van der Waals surface area (Å²) in [5, 5.41) is 12.5. The van der Waals surface area contributed by atoms with Crippen LogP contribution in [0.5, 0.6) is 0 Å². The number of hydrogen-bond acceptors (Lipinski definition) is 3. The van der Waals surface area contributed by atoms with Crippen molar-refractivity contribution in [2.24, 2.45) is 5.73 Å². The Morgan fingerprint density at radius 1 is 1.85 bits per heavy atom. The van der Waals surface area contributed by atoms with Gasteiger partial charge in [-0.2, -0.15) is 5.10 Å². The highest BCUT2D eigenvalue weighted by Crippen LogP contribution is 2.06. The van der Waals surface area contributed by atoms with Gasteiger partial charge in [0, 0.05) is 12.7 Å². The number of aryl methyl sites for hydroxylation is 1. The van der Waals surface area contributed by atoms with Gasteiger partial charge in [-0.3, -0.25) is 9.48 Å². The number of carbonyl (C=O) groups is 1. The van der Waals surface area contributed by atoms with Gasteiger partial charge in [-0.15, -0.1) is 0 Å². The van der Waals surface area contributed by atoms with E-state index in [2.05, 4.69) is 21.0 Å². The second-order valence-electron chi connectivity index (χ2n) is 2.66. The zero-order valence-corrected chi connectivity index (χ0v) is 8.44. The Hall–Kier alpha value is -0.880. The Morgan fingerprint density at radius 2 is 2.54 bits per heavy atom. The van der Waals surface area contributed by atoms with Gasteiger partial charge in [0.05, 0.1) is 10.7 Å². The summed E-state index contributed by atoms with van der Waals surface area (Å²) in [5.41, 5.74) is 5.32. The van der Waals surface area contributed by atoms with E-state index in [1.165, 1.54) is 0 Å². The average molecular weight is 248 g/mol. The maximum Gasteiger partial charge on any atom is 0.320 e. The molecule has 13 heavy (non-hydrogen) atoms. The van der Waals surface area contributed by atoms with Crippen LogP contribution in [0.2, 0.25) is 0 Å². The van der Waals surface area contributed by atoms with E-state index in [0.717, 1.165) is 4.47 Å². The number of aromatic nitrogens is 2. The molecule has 0 bridgehead atoms. The van der Waals surface area contributed by atoms with Gasteiger partial charge >= 0.3 is 5.97 Å². The van der Waals surface area contributed by atoms with Crippen LogP contribution in [-0.4, -0.2) is 26.9 Å². The van der Waals surface area contributed by atoms with Gasteiger partial charge < -0.3 is 10.8 Å². The van der Waals surface area contributed by atoms with Gasteiger partial charge in [0.15, 0.2) is 0 Å². The fraction of sp³-hybridized carbons (Fsp3) is 0.429. The molecule has 5 nitrogen and oxygen atoms in total. The van der Waals surface area contributed by atoms with Gasteiger partial charge in [0.2, 0.25) is 0 Å². The van der Waals surface area contributed by atoms with Crippen LogP contribution in [-0.2, 0) is 11.3 Å². The molecule has 0 amide bonds. The first-order valence-electron chi connectivity index (χ1n) is 3.76. The quantitative estimate of drug-likeness (QED) is 0.810. The molecule has 1 rings (SSSR count). The summed E-state index contributed by atoms with van der Waals surface area (Å²) in [6.07, 6.45) is 3.80. The van der Waals surface area contributed by atoms with Gasteiger partial charge in [0.25, 0.3) is 0 Å². The van der Waals surface area contributed by atoms with Crippen molar-refractivity contribution in [3.05, 3.63) is 16.9 Å². The molecule has 1 aromatic rings. The zero-order chi connectivity index (χ0) is 9.84. The molecule has 0 aliphatic heterocycles. The van der Waals surface area contributed by atoms with E-state index >= 15 is 0 Å². The van der Waals surface area contributed by atoms with Gasteiger partial charge in [-0.1, -0.05) is 0 Å². The maximum absolute atomic E-state index is 10.4. The molecule has 72 valence electrons. The zero-order valence-electron chi connectivity index (χ0n) is 6.85. The highest BCUT2D eigenvalue weighted by Gasteiger charge is 2.10. The van der Waals surface area contributed by atoms with Gasteiger partial charge in [-0.05, 0) is 22.4 Å². The van der Waals surface area contributed by atoms with Crippen molar-refractivity contribution in [1.29, 1.82) is 0 Å². The highest BCUT2D eigenvalue weighted by molar-refractivity contribution is 9.10. The minimum absolute atomic E-state index is 0.378. The summed E-state index contributed by atoms with van der Waals surface area (Å²) < 4.78 is 2.52. The van der Waals surface area contributed by atoms with Crippen LogP contribution in [0.3, 0.4) is 0 Å². The first-order valence-corrected chi connectivity index (χ1v) is 4.55. The molecule has 0 aliphatic rings. The summed E-state index contributed by atoms with van der Waals surface area (Å²) in [6.45, 7) is 0.513. The lowest BCUT2D eigenvalue weighted by Crippen LogP contribution is -2.31. The molecule has 1 unspecified atom stereocenters. The Balaban J connectivity index is 2.39. The molecule has 1 heterocycles. The SMILES string of the molecule is NC(CCn1cc(Br)cn1)C(=O)O. The van der Waals surface area contributed by atoms with E-state index in [-0.39, 0.29) is 0 Å². The first-order chi connectivity index (χ1) is 6.09. The molecule has 0 aromatic carbocycles. The number of halogens is 1. The number of aliphatic carboxylic acids is 1. The number of hydrogen-bond donors (Lipinski definition) is 2. The Morgan fingerprint density at radius 3 is 3.00 bits per heavy atom. The van der Waals surface area contributed by atoms with Crippen molar-refractivity contribution in [3.8, 4) is 0 Å². The normalized spacial score (nSPS) is 12.8. The van der Waals surface area contributed by atoms with Crippen molar-refractivity contribution < 1.29 is 9.90 Å². The number of nitrogens with zero attached hydrogens (tertiary/aromatic N) is 2. The van der Waals surface area contributed by atoms with Crippen molar-refractivity contribution in [1.82, 2.24) is 9.78 Å². The van der Waals surface area contributed by atoms with Gasteiger partial charge in [-0.25, -0.2) is 0 Å². The topological polar surface area (TPSA) is 81.1 Å². The molecule has 0 spiro atoms. The molecule has 0 fully saturated rings. The van der Waals surface area contributed by atoms with Crippen LogP contribution in [0.1, 0.15) is 6.42 Å². The highest BCUT2D eigenvalue weighted by atomic mass is 79.9. The van der Waals surface area contributed by atoms with Crippen molar-refractivity contribution in [3.63, 3.8) is 0 Å². The third kappa shape index (κ3) is 3.16. The minimum atomic E-state index is -0.980. The number of carboxylic acid groups (broad SMARTS) is 1. The number of nitrogens with two attached hydrogens (primary N) is 1. The van der Waals surface area contributed by atoms with Crippen molar-refractivity contribution >= 4 is 21.9 Å². The van der Waals surface area contributed by atoms with Crippen LogP contribution in [0.4, 0.5) is 0 Å². The lowest BCUT2D eigenvalue weighted by Gasteiger charge is -2.05. The molecule has 1 aromatic heterocycles. The molecule has 3 N–H and O–H groups in total. The summed E-state index contributed by atoms with van der Waals surface area (Å²) in [6, 6.07) is -0.817. The van der Waals surface area contributed by atoms with E-state index in [0.29, 0.717) is 13.0 Å². The summed E-state index contributed by atoms with van der Waals surface area (Å²) >= 11 is 3.24. The Labute approximate surface area is 83.7 Å². The Kier molecular flexibility index (Phi) is 3.44. The van der Waals surface area contributed by atoms with Crippen LogP contribution in [0.15, 0.2) is 16.9 Å². The van der Waals surface area contributed by atoms with Crippen LogP contribution in [0.25, 0.3) is 0 Å². The molecular weight excluding hydrogens is 238 g/mol. The van der Waals surface area contributed by atoms with Crippen molar-refractivity contribution in [2.75, 3.05) is 0 Å². The lowest BCUT2D eigenvalue weighted by molar-refractivity contribution is -0.138. The molecule has 0 aliphatic carbocycles. The minimum Gasteiger partial charge on any atom is -0.480 e. The number of rotatable bonds is 4. The summed E-state index contributed by atoms with van der Waals surface area (Å²) in [5.74, 6) is -0.980. The van der Waals surface area contributed by atoms with E-state index in [9.17, 15) is 4.79 Å².